The Labute approximate surface area is 152 Å². The number of halogens is 1. The van der Waals surface area contributed by atoms with Gasteiger partial charge in [0.05, 0.1) is 0 Å². The van der Waals surface area contributed by atoms with Crippen molar-refractivity contribution >= 4 is 35.6 Å². The van der Waals surface area contributed by atoms with Crippen molar-refractivity contribution in [2.24, 2.45) is 4.99 Å². The first-order valence-corrected chi connectivity index (χ1v) is 7.93. The number of anilines is 1. The monoisotopic (exact) mass is 416 g/mol. The summed E-state index contributed by atoms with van der Waals surface area (Å²) >= 11 is 0. The summed E-state index contributed by atoms with van der Waals surface area (Å²) in [6.07, 6.45) is 2.29. The molecule has 2 rings (SSSR count). The largest absolute Gasteiger partial charge is 0.355 e. The van der Waals surface area contributed by atoms with Crippen molar-refractivity contribution in [2.45, 2.75) is 32.7 Å². The molecule has 1 aliphatic heterocycles. The normalized spacial score (nSPS) is 15.5. The molecule has 1 N–H and O–H groups in total. The van der Waals surface area contributed by atoms with E-state index in [0.717, 1.165) is 32.0 Å². The van der Waals surface area contributed by atoms with E-state index in [2.05, 4.69) is 65.3 Å². The third kappa shape index (κ3) is 4.59. The highest BCUT2D eigenvalue weighted by molar-refractivity contribution is 14.0. The van der Waals surface area contributed by atoms with E-state index in [1.54, 1.807) is 0 Å². The fourth-order valence-electron chi connectivity index (χ4n) is 2.73. The van der Waals surface area contributed by atoms with Crippen LogP contribution < -0.4 is 10.2 Å². The zero-order chi connectivity index (χ0) is 15.2. The van der Waals surface area contributed by atoms with Crippen molar-refractivity contribution in [3.05, 3.63) is 29.8 Å². The molecule has 5 heteroatoms. The first-order chi connectivity index (χ1) is 10.2. The molecule has 0 spiro atoms. The molecule has 0 bridgehead atoms. The predicted molar refractivity (Wildman–Crippen MR) is 107 cm³/mol. The molecular weight excluding hydrogens is 387 g/mol. The third-order valence-electron chi connectivity index (χ3n) is 4.45. The predicted octanol–water partition coefficient (Wildman–Crippen LogP) is 2.97. The summed E-state index contributed by atoms with van der Waals surface area (Å²) in [5, 5.41) is 3.50. The number of nitrogens with one attached hydrogen (secondary N) is 1. The van der Waals surface area contributed by atoms with E-state index >= 15 is 0 Å². The van der Waals surface area contributed by atoms with Gasteiger partial charge in [-0.3, -0.25) is 4.99 Å². The molecule has 0 fully saturated rings. The molecule has 0 radical (unpaired) electrons. The summed E-state index contributed by atoms with van der Waals surface area (Å²) in [5.41, 5.74) is 2.71. The number of aliphatic imine (C=N–C) groups is 1. The van der Waals surface area contributed by atoms with Gasteiger partial charge in [0.15, 0.2) is 5.96 Å². The van der Waals surface area contributed by atoms with Crippen LogP contribution in [-0.2, 0) is 6.42 Å². The Morgan fingerprint density at radius 1 is 1.41 bits per heavy atom. The number of benzene rings is 1. The van der Waals surface area contributed by atoms with Gasteiger partial charge in [0.25, 0.3) is 0 Å². The minimum Gasteiger partial charge on any atom is -0.355 e. The smallest absolute Gasteiger partial charge is 0.198 e. The van der Waals surface area contributed by atoms with Crippen molar-refractivity contribution in [3.8, 4) is 0 Å². The van der Waals surface area contributed by atoms with Gasteiger partial charge in [0.1, 0.15) is 0 Å². The van der Waals surface area contributed by atoms with Gasteiger partial charge >= 0.3 is 0 Å². The fraction of sp³-hybridized carbons (Fsp3) is 0.588. The maximum atomic E-state index is 4.44. The SMILES string of the molecule is CCC(C)N(C)CCNC(=NC)N1CCc2ccccc21.I. The van der Waals surface area contributed by atoms with Gasteiger partial charge in [-0.2, -0.15) is 0 Å². The average molecular weight is 416 g/mol. The molecule has 1 aromatic rings. The Hall–Kier alpha value is -0.820. The molecule has 0 amide bonds. The zero-order valence-corrected chi connectivity index (χ0v) is 16.5. The van der Waals surface area contributed by atoms with Crippen molar-refractivity contribution < 1.29 is 0 Å². The second kappa shape index (κ2) is 9.35. The second-order valence-corrected chi connectivity index (χ2v) is 5.74. The standard InChI is InChI=1S/C17H28N4.HI/c1-5-14(2)20(4)13-11-19-17(18-3)21-12-10-15-8-6-7-9-16(15)21;/h6-9,14H,5,10-13H2,1-4H3,(H,18,19);1H. The number of fused-ring (bicyclic) bond motifs is 1. The molecule has 124 valence electrons. The third-order valence-corrected chi connectivity index (χ3v) is 4.45. The van der Waals surface area contributed by atoms with E-state index in [1.165, 1.54) is 17.7 Å². The van der Waals surface area contributed by atoms with Crippen molar-refractivity contribution in [1.29, 1.82) is 0 Å². The minimum atomic E-state index is 0. The van der Waals surface area contributed by atoms with Gasteiger partial charge in [0.2, 0.25) is 0 Å². The Morgan fingerprint density at radius 2 is 2.14 bits per heavy atom. The molecule has 1 aliphatic rings. The van der Waals surface area contributed by atoms with E-state index in [1.807, 2.05) is 7.05 Å². The number of para-hydroxylation sites is 1. The van der Waals surface area contributed by atoms with Gasteiger partial charge in [-0.25, -0.2) is 0 Å². The zero-order valence-electron chi connectivity index (χ0n) is 14.2. The molecule has 4 nitrogen and oxygen atoms in total. The number of hydrogen-bond donors (Lipinski definition) is 1. The van der Waals surface area contributed by atoms with Crippen LogP contribution in [0, 0.1) is 0 Å². The summed E-state index contributed by atoms with van der Waals surface area (Å²) in [6.45, 7) is 7.47. The molecule has 0 saturated heterocycles. The van der Waals surface area contributed by atoms with E-state index in [9.17, 15) is 0 Å². The number of nitrogens with zero attached hydrogens (tertiary/aromatic N) is 3. The molecule has 1 atom stereocenters. The Kier molecular flexibility index (Phi) is 8.17. The number of hydrogen-bond acceptors (Lipinski definition) is 2. The van der Waals surface area contributed by atoms with Crippen LogP contribution in [0.25, 0.3) is 0 Å². The lowest BCUT2D eigenvalue weighted by atomic mass is 10.2. The first-order valence-electron chi connectivity index (χ1n) is 7.93. The van der Waals surface area contributed by atoms with Gasteiger partial charge in [-0.05, 0) is 38.4 Å². The quantitative estimate of drug-likeness (QED) is 0.455. The van der Waals surface area contributed by atoms with Gasteiger partial charge in [-0.15, -0.1) is 24.0 Å². The van der Waals surface area contributed by atoms with E-state index in [-0.39, 0.29) is 24.0 Å². The highest BCUT2D eigenvalue weighted by atomic mass is 127. The number of rotatable bonds is 5. The van der Waals surface area contributed by atoms with Crippen LogP contribution in [0.3, 0.4) is 0 Å². The van der Waals surface area contributed by atoms with Gasteiger partial charge in [0, 0.05) is 38.4 Å². The highest BCUT2D eigenvalue weighted by Crippen LogP contribution is 2.27. The molecule has 22 heavy (non-hydrogen) atoms. The summed E-state index contributed by atoms with van der Waals surface area (Å²) in [7, 11) is 4.05. The number of guanidine groups is 1. The molecule has 1 aromatic carbocycles. The topological polar surface area (TPSA) is 30.9 Å². The van der Waals surface area contributed by atoms with Crippen LogP contribution in [0.5, 0.6) is 0 Å². The van der Waals surface area contributed by atoms with Crippen LogP contribution in [0.2, 0.25) is 0 Å². The van der Waals surface area contributed by atoms with Crippen LogP contribution in [0.4, 0.5) is 5.69 Å². The second-order valence-electron chi connectivity index (χ2n) is 5.74. The van der Waals surface area contributed by atoms with Crippen LogP contribution in [0.1, 0.15) is 25.8 Å². The molecule has 1 heterocycles. The van der Waals surface area contributed by atoms with Crippen molar-refractivity contribution in [2.75, 3.05) is 38.6 Å². The average Bonchev–Trinajstić information content (AvgIpc) is 2.94. The van der Waals surface area contributed by atoms with Crippen LogP contribution >= 0.6 is 24.0 Å². The molecule has 0 aromatic heterocycles. The molecule has 0 saturated carbocycles. The Bertz CT molecular complexity index is 489. The van der Waals surface area contributed by atoms with Crippen LogP contribution in [-0.4, -0.2) is 50.6 Å². The highest BCUT2D eigenvalue weighted by Gasteiger charge is 2.22. The summed E-state index contributed by atoms with van der Waals surface area (Å²) in [6, 6.07) is 9.22. The first kappa shape index (κ1) is 19.2. The van der Waals surface area contributed by atoms with Crippen molar-refractivity contribution in [1.82, 2.24) is 10.2 Å². The summed E-state index contributed by atoms with van der Waals surface area (Å²) in [5.74, 6) is 0.984. The van der Waals surface area contributed by atoms with E-state index < -0.39 is 0 Å². The summed E-state index contributed by atoms with van der Waals surface area (Å²) in [4.78, 5) is 9.12. The molecule has 1 unspecified atom stereocenters. The maximum absolute atomic E-state index is 4.44. The van der Waals surface area contributed by atoms with Crippen LogP contribution in [0.15, 0.2) is 29.3 Å². The van der Waals surface area contributed by atoms with Gasteiger partial charge in [-0.1, -0.05) is 25.1 Å². The molecule has 0 aliphatic carbocycles. The minimum absolute atomic E-state index is 0. The molecular formula is C17H29IN4. The lowest BCUT2D eigenvalue weighted by Crippen LogP contribution is -2.44. The van der Waals surface area contributed by atoms with E-state index in [4.69, 9.17) is 0 Å². The van der Waals surface area contributed by atoms with Gasteiger partial charge < -0.3 is 15.1 Å². The van der Waals surface area contributed by atoms with E-state index in [0.29, 0.717) is 6.04 Å². The lowest BCUT2D eigenvalue weighted by molar-refractivity contribution is 0.256. The lowest BCUT2D eigenvalue weighted by Gasteiger charge is -2.26. The summed E-state index contributed by atoms with van der Waals surface area (Å²) < 4.78 is 0. The Balaban J connectivity index is 0.00000242. The Morgan fingerprint density at radius 3 is 2.82 bits per heavy atom. The van der Waals surface area contributed by atoms with Crippen molar-refractivity contribution in [3.63, 3.8) is 0 Å². The maximum Gasteiger partial charge on any atom is 0.198 e. The fourth-order valence-corrected chi connectivity index (χ4v) is 2.73. The number of likely N-dealkylation sites (N-methyl/N-ethyl adjacent to an activating group) is 1.